The van der Waals surface area contributed by atoms with Crippen molar-refractivity contribution >= 4 is 5.91 Å². The van der Waals surface area contributed by atoms with Gasteiger partial charge in [0.05, 0.1) is 11.9 Å². The molecular weight excluding hydrogens is 420 g/mol. The summed E-state index contributed by atoms with van der Waals surface area (Å²) in [5.74, 6) is -2.09. The molecule has 1 aliphatic rings. The number of rotatable bonds is 5. The summed E-state index contributed by atoms with van der Waals surface area (Å²) in [5.41, 5.74) is 9.46. The molecule has 0 unspecified atom stereocenters. The molecule has 0 bridgehead atoms. The Bertz CT molecular complexity index is 1240. The lowest BCUT2D eigenvalue weighted by Crippen LogP contribution is -2.41. The lowest BCUT2D eigenvalue weighted by Gasteiger charge is -2.27. The lowest BCUT2D eigenvalue weighted by molar-refractivity contribution is -0.123. The van der Waals surface area contributed by atoms with Crippen LogP contribution in [0.15, 0.2) is 30.6 Å². The predicted octanol–water partition coefficient (Wildman–Crippen LogP) is 1.40. The highest BCUT2D eigenvalue weighted by Crippen LogP contribution is 2.46. The first-order valence-corrected chi connectivity index (χ1v) is 9.87. The Morgan fingerprint density at radius 1 is 1.34 bits per heavy atom. The maximum absolute atomic E-state index is 14.8. The number of hydrogen-bond donors (Lipinski definition) is 3. The molecule has 1 aromatic carbocycles. The molecule has 0 saturated heterocycles. The van der Waals surface area contributed by atoms with Crippen LogP contribution >= 0.6 is 0 Å². The van der Waals surface area contributed by atoms with E-state index >= 15 is 0 Å². The number of primary amides is 1. The van der Waals surface area contributed by atoms with Crippen LogP contribution in [0, 0.1) is 18.6 Å². The van der Waals surface area contributed by atoms with Gasteiger partial charge in [0, 0.05) is 42.5 Å². The minimum atomic E-state index is -1.80. The number of aliphatic hydroxyl groups is 1. The van der Waals surface area contributed by atoms with E-state index in [-0.39, 0.29) is 41.4 Å². The van der Waals surface area contributed by atoms with Crippen molar-refractivity contribution in [1.29, 1.82) is 0 Å². The number of fused-ring (bicyclic) bond motifs is 1. The summed E-state index contributed by atoms with van der Waals surface area (Å²) in [6.07, 6.45) is 3.02. The van der Waals surface area contributed by atoms with Crippen molar-refractivity contribution in [3.63, 3.8) is 0 Å². The third-order valence-electron chi connectivity index (χ3n) is 6.02. The van der Waals surface area contributed by atoms with Crippen molar-refractivity contribution in [3.8, 4) is 17.0 Å². The Balaban J connectivity index is 2.05. The fourth-order valence-electron chi connectivity index (χ4n) is 3.83. The molecule has 0 fully saturated rings. The monoisotopic (exact) mass is 443 g/mol. The summed E-state index contributed by atoms with van der Waals surface area (Å²) in [6, 6.07) is 3.54. The first-order chi connectivity index (χ1) is 15.0. The number of carbonyl (C=O) groups is 1. The van der Waals surface area contributed by atoms with Gasteiger partial charge in [-0.3, -0.25) is 9.48 Å². The third kappa shape index (κ3) is 3.14. The lowest BCUT2D eigenvalue weighted by atomic mass is 9.81. The first kappa shape index (κ1) is 21.8. The van der Waals surface area contributed by atoms with Crippen molar-refractivity contribution in [3.05, 3.63) is 64.6 Å². The maximum atomic E-state index is 14.8. The van der Waals surface area contributed by atoms with Crippen LogP contribution in [0.5, 0.6) is 5.75 Å². The molecule has 0 spiro atoms. The highest BCUT2D eigenvalue weighted by molar-refractivity contribution is 5.90. The average Bonchev–Trinajstić information content (AvgIpc) is 3.34. The van der Waals surface area contributed by atoms with Crippen molar-refractivity contribution in [2.45, 2.75) is 24.9 Å². The number of aryl methyl sites for hydroxylation is 2. The minimum Gasteiger partial charge on any atom is -0.489 e. The minimum absolute atomic E-state index is 0.0128. The van der Waals surface area contributed by atoms with Crippen LogP contribution in [-0.4, -0.2) is 38.9 Å². The predicted molar refractivity (Wildman–Crippen MR) is 112 cm³/mol. The average molecular weight is 443 g/mol. The summed E-state index contributed by atoms with van der Waals surface area (Å²) in [7, 11) is 1.68. The fraction of sp³-hybridized carbons (Fsp3) is 0.318. The largest absolute Gasteiger partial charge is 0.489 e. The molecule has 2 atom stereocenters. The fourth-order valence-corrected chi connectivity index (χ4v) is 3.83. The zero-order chi connectivity index (χ0) is 23.4. The molecule has 1 amide bonds. The smallest absolute Gasteiger partial charge is 0.231 e. The Morgan fingerprint density at radius 3 is 2.66 bits per heavy atom. The van der Waals surface area contributed by atoms with Gasteiger partial charge in [-0.25, -0.2) is 13.8 Å². The molecule has 0 radical (unpaired) electrons. The van der Waals surface area contributed by atoms with Crippen molar-refractivity contribution in [2.75, 3.05) is 13.2 Å². The molecular formula is C22H23F2N5O3. The third-order valence-corrected chi connectivity index (χ3v) is 6.02. The van der Waals surface area contributed by atoms with Crippen LogP contribution in [0.4, 0.5) is 8.78 Å². The van der Waals surface area contributed by atoms with E-state index in [1.165, 1.54) is 29.9 Å². The van der Waals surface area contributed by atoms with Crippen molar-refractivity contribution in [1.82, 2.24) is 14.8 Å². The Hall–Kier alpha value is -3.37. The number of ether oxygens (including phenoxy) is 1. The van der Waals surface area contributed by atoms with Crippen molar-refractivity contribution in [2.24, 2.45) is 18.5 Å². The van der Waals surface area contributed by atoms with Gasteiger partial charge in [0.25, 0.3) is 0 Å². The number of carbonyl (C=O) groups excluding carboxylic acids is 1. The summed E-state index contributed by atoms with van der Waals surface area (Å²) >= 11 is 0. The van der Waals surface area contributed by atoms with Crippen LogP contribution in [0.1, 0.15) is 29.3 Å². The standard InChI is InChI=1S/C22H23F2N5O3/c1-11-4-13(16(24)6-15(11)23)18-19-14(21(2,10-32-19)20(26)30)5-17(28-18)22(31,9-25)12-7-27-29(3)8-12/h4-8,31H,9-10,25H2,1-3H3,(H2,26,30)/t21-,22+/m0/s1. The van der Waals surface area contributed by atoms with Crippen LogP contribution in [0.2, 0.25) is 0 Å². The molecule has 5 N–H and O–H groups in total. The number of aromatic nitrogens is 3. The first-order valence-electron chi connectivity index (χ1n) is 9.87. The van der Waals surface area contributed by atoms with Gasteiger partial charge in [-0.2, -0.15) is 5.10 Å². The molecule has 8 nitrogen and oxygen atoms in total. The van der Waals surface area contributed by atoms with Gasteiger partial charge >= 0.3 is 0 Å². The van der Waals surface area contributed by atoms with E-state index in [4.69, 9.17) is 16.2 Å². The second kappa shape index (κ2) is 7.35. The van der Waals surface area contributed by atoms with E-state index < -0.39 is 28.6 Å². The van der Waals surface area contributed by atoms with Gasteiger partial charge in [-0.15, -0.1) is 0 Å². The van der Waals surface area contributed by atoms with Gasteiger partial charge < -0.3 is 21.3 Å². The number of nitrogens with zero attached hydrogens (tertiary/aromatic N) is 3. The zero-order valence-electron chi connectivity index (χ0n) is 17.8. The van der Waals surface area contributed by atoms with Crippen LogP contribution in [0.3, 0.4) is 0 Å². The van der Waals surface area contributed by atoms with E-state index in [1.807, 2.05) is 0 Å². The quantitative estimate of drug-likeness (QED) is 0.547. The van der Waals surface area contributed by atoms with E-state index in [9.17, 15) is 18.7 Å². The molecule has 1 aliphatic heterocycles. The SMILES string of the molecule is Cc1cc(-c2nc([C@@](O)(CN)c3cnn(C)c3)cc3c2OC[C@]3(C)C(N)=O)c(F)cc1F. The number of hydrogen-bond acceptors (Lipinski definition) is 6. The van der Waals surface area contributed by atoms with Gasteiger partial charge in [-0.05, 0) is 31.5 Å². The van der Waals surface area contributed by atoms with E-state index in [0.29, 0.717) is 11.1 Å². The molecule has 3 heterocycles. The molecule has 10 heteroatoms. The topological polar surface area (TPSA) is 129 Å². The van der Waals surface area contributed by atoms with Crippen LogP contribution < -0.4 is 16.2 Å². The van der Waals surface area contributed by atoms with Gasteiger partial charge in [0.15, 0.2) is 0 Å². The van der Waals surface area contributed by atoms with Crippen LogP contribution in [0.25, 0.3) is 11.3 Å². The Kier molecular flexibility index (Phi) is 5.02. The maximum Gasteiger partial charge on any atom is 0.231 e. The Labute approximate surface area is 182 Å². The molecule has 32 heavy (non-hydrogen) atoms. The van der Waals surface area contributed by atoms with Gasteiger partial charge in [0.1, 0.15) is 40.7 Å². The second-order valence-corrected chi connectivity index (χ2v) is 8.27. The summed E-state index contributed by atoms with van der Waals surface area (Å²) < 4.78 is 36.0. The van der Waals surface area contributed by atoms with Crippen LogP contribution in [-0.2, 0) is 22.9 Å². The molecule has 168 valence electrons. The highest BCUT2D eigenvalue weighted by Gasteiger charge is 2.46. The second-order valence-electron chi connectivity index (χ2n) is 8.27. The van der Waals surface area contributed by atoms with E-state index in [2.05, 4.69) is 10.1 Å². The van der Waals surface area contributed by atoms with Gasteiger partial charge in [0.2, 0.25) is 5.91 Å². The van der Waals surface area contributed by atoms with Gasteiger partial charge in [-0.1, -0.05) is 0 Å². The molecule has 3 aromatic rings. The Morgan fingerprint density at radius 2 is 2.06 bits per heavy atom. The van der Waals surface area contributed by atoms with E-state index in [1.54, 1.807) is 20.2 Å². The molecule has 0 aliphatic carbocycles. The van der Waals surface area contributed by atoms with E-state index in [0.717, 1.165) is 6.07 Å². The summed E-state index contributed by atoms with van der Waals surface area (Å²) in [4.78, 5) is 16.8. The number of halogens is 2. The summed E-state index contributed by atoms with van der Waals surface area (Å²) in [6.45, 7) is 2.71. The number of benzene rings is 1. The van der Waals surface area contributed by atoms with Crippen molar-refractivity contribution < 1.29 is 23.4 Å². The zero-order valence-corrected chi connectivity index (χ0v) is 17.8. The molecule has 0 saturated carbocycles. The number of pyridine rings is 1. The number of nitrogens with two attached hydrogens (primary N) is 2. The highest BCUT2D eigenvalue weighted by atomic mass is 19.1. The molecule has 2 aromatic heterocycles. The summed E-state index contributed by atoms with van der Waals surface area (Å²) in [5, 5.41) is 15.6. The normalized spacial score (nSPS) is 19.3. The number of amides is 1. The molecule has 4 rings (SSSR count).